The van der Waals surface area contributed by atoms with E-state index in [0.29, 0.717) is 32.6 Å². The molecule has 3 fully saturated rings. The highest BCUT2D eigenvalue weighted by Gasteiger charge is 2.36. The van der Waals surface area contributed by atoms with Crippen molar-refractivity contribution < 1.29 is 16.8 Å². The SMILES string of the molecule is Cc1nn([C@@H]2CCS(=O)(=O)C2)c(C)c1N1CCN(S(=O)(=O)C2CCCCC2)CC1. The molecule has 1 aromatic heterocycles. The van der Waals surface area contributed by atoms with Gasteiger partial charge in [-0.25, -0.2) is 16.8 Å². The summed E-state index contributed by atoms with van der Waals surface area (Å²) >= 11 is 0. The van der Waals surface area contributed by atoms with Crippen molar-refractivity contribution in [1.29, 1.82) is 0 Å². The molecule has 4 rings (SSSR count). The third-order valence-electron chi connectivity index (χ3n) is 6.73. The Hall–Kier alpha value is -1.13. The summed E-state index contributed by atoms with van der Waals surface area (Å²) in [6.07, 6.45) is 5.36. The van der Waals surface area contributed by atoms with Crippen LogP contribution >= 0.6 is 0 Å². The van der Waals surface area contributed by atoms with Gasteiger partial charge in [-0.15, -0.1) is 0 Å². The Labute approximate surface area is 174 Å². The molecule has 3 heterocycles. The van der Waals surface area contributed by atoms with Gasteiger partial charge in [-0.05, 0) is 33.1 Å². The number of rotatable bonds is 4. The zero-order chi connectivity index (χ0) is 20.8. The highest BCUT2D eigenvalue weighted by Crippen LogP contribution is 2.33. The normalized spacial score (nSPS) is 26.8. The lowest BCUT2D eigenvalue weighted by Crippen LogP contribution is -2.51. The Morgan fingerprint density at radius 1 is 0.966 bits per heavy atom. The molecular formula is C19H32N4O4S2. The summed E-state index contributed by atoms with van der Waals surface area (Å²) in [5.74, 6) is 0.380. The van der Waals surface area contributed by atoms with Crippen LogP contribution in [0.25, 0.3) is 0 Å². The predicted octanol–water partition coefficient (Wildman–Crippen LogP) is 1.64. The fraction of sp³-hybridized carbons (Fsp3) is 0.842. The number of nitrogens with zero attached hydrogens (tertiary/aromatic N) is 4. The molecule has 0 unspecified atom stereocenters. The van der Waals surface area contributed by atoms with E-state index in [4.69, 9.17) is 0 Å². The van der Waals surface area contributed by atoms with Crippen molar-refractivity contribution in [2.24, 2.45) is 0 Å². The van der Waals surface area contributed by atoms with Crippen molar-refractivity contribution in [2.75, 3.05) is 42.6 Å². The van der Waals surface area contributed by atoms with Crippen molar-refractivity contribution >= 4 is 25.5 Å². The van der Waals surface area contributed by atoms with Crippen LogP contribution in [0.3, 0.4) is 0 Å². The third kappa shape index (κ3) is 4.07. The topological polar surface area (TPSA) is 92.6 Å². The van der Waals surface area contributed by atoms with E-state index in [1.807, 2.05) is 18.5 Å². The van der Waals surface area contributed by atoms with Gasteiger partial charge in [-0.2, -0.15) is 9.40 Å². The molecule has 0 N–H and O–H groups in total. The van der Waals surface area contributed by atoms with Crippen molar-refractivity contribution in [2.45, 2.75) is 63.7 Å². The zero-order valence-corrected chi connectivity index (χ0v) is 19.0. The summed E-state index contributed by atoms with van der Waals surface area (Å²) in [6, 6.07) is -0.0968. The standard InChI is InChI=1S/C19H32N4O4S2/c1-15-19(16(2)23(20-15)17-8-13-28(24,25)14-17)21-9-11-22(12-10-21)29(26,27)18-6-4-3-5-7-18/h17-18H,3-14H2,1-2H3/t17-/m1/s1. The maximum absolute atomic E-state index is 13.0. The molecule has 1 aromatic rings. The second-order valence-electron chi connectivity index (χ2n) is 8.71. The van der Waals surface area contributed by atoms with E-state index in [1.165, 1.54) is 0 Å². The molecule has 2 aliphatic heterocycles. The van der Waals surface area contributed by atoms with Gasteiger partial charge in [-0.3, -0.25) is 4.68 Å². The van der Waals surface area contributed by atoms with Crippen LogP contribution < -0.4 is 4.90 Å². The van der Waals surface area contributed by atoms with Gasteiger partial charge in [0, 0.05) is 26.2 Å². The average molecular weight is 445 g/mol. The molecule has 1 atom stereocenters. The van der Waals surface area contributed by atoms with Crippen LogP contribution in [-0.4, -0.2) is 73.9 Å². The molecule has 0 bridgehead atoms. The molecule has 1 saturated carbocycles. The first-order chi connectivity index (χ1) is 13.7. The minimum absolute atomic E-state index is 0.0968. The molecule has 0 spiro atoms. The van der Waals surface area contributed by atoms with Crippen LogP contribution in [-0.2, 0) is 19.9 Å². The molecule has 10 heteroatoms. The molecule has 0 aromatic carbocycles. The van der Waals surface area contributed by atoms with Gasteiger partial charge in [0.15, 0.2) is 9.84 Å². The van der Waals surface area contributed by atoms with E-state index in [1.54, 1.807) is 4.31 Å². The molecule has 1 aliphatic carbocycles. The van der Waals surface area contributed by atoms with Crippen molar-refractivity contribution in [1.82, 2.24) is 14.1 Å². The van der Waals surface area contributed by atoms with Crippen LogP contribution in [0.5, 0.6) is 0 Å². The number of aromatic nitrogens is 2. The van der Waals surface area contributed by atoms with Gasteiger partial charge in [-0.1, -0.05) is 19.3 Å². The lowest BCUT2D eigenvalue weighted by atomic mass is 10.0. The number of anilines is 1. The maximum atomic E-state index is 13.0. The Bertz CT molecular complexity index is 957. The predicted molar refractivity (Wildman–Crippen MR) is 114 cm³/mol. The van der Waals surface area contributed by atoms with Crippen LogP contribution in [0.1, 0.15) is 56.0 Å². The van der Waals surface area contributed by atoms with Crippen molar-refractivity contribution in [3.63, 3.8) is 0 Å². The molecule has 2 saturated heterocycles. The first-order valence-corrected chi connectivity index (χ1v) is 14.0. The highest BCUT2D eigenvalue weighted by atomic mass is 32.2. The maximum Gasteiger partial charge on any atom is 0.217 e. The zero-order valence-electron chi connectivity index (χ0n) is 17.4. The second kappa shape index (κ2) is 7.85. The quantitative estimate of drug-likeness (QED) is 0.701. The van der Waals surface area contributed by atoms with E-state index < -0.39 is 19.9 Å². The Morgan fingerprint density at radius 2 is 1.62 bits per heavy atom. The van der Waals surface area contributed by atoms with Crippen molar-refractivity contribution in [3.05, 3.63) is 11.4 Å². The van der Waals surface area contributed by atoms with Crippen molar-refractivity contribution in [3.8, 4) is 0 Å². The highest BCUT2D eigenvalue weighted by molar-refractivity contribution is 7.91. The molecular weight excluding hydrogens is 412 g/mol. The Balaban J connectivity index is 1.46. The summed E-state index contributed by atoms with van der Waals surface area (Å²) in [7, 11) is -6.18. The van der Waals surface area contributed by atoms with Gasteiger partial charge in [0.1, 0.15) is 0 Å². The van der Waals surface area contributed by atoms with E-state index in [-0.39, 0.29) is 22.8 Å². The number of hydrogen-bond acceptors (Lipinski definition) is 6. The van der Waals surface area contributed by atoms with Crippen LogP contribution in [0, 0.1) is 13.8 Å². The number of aryl methyl sites for hydroxylation is 1. The Morgan fingerprint density at radius 3 is 2.21 bits per heavy atom. The third-order valence-corrected chi connectivity index (χ3v) is 10.9. The van der Waals surface area contributed by atoms with Gasteiger partial charge in [0.05, 0.1) is 39.9 Å². The summed E-state index contributed by atoms with van der Waals surface area (Å²) in [4.78, 5) is 2.21. The molecule has 164 valence electrons. The summed E-state index contributed by atoms with van der Waals surface area (Å²) in [5, 5.41) is 4.44. The largest absolute Gasteiger partial charge is 0.366 e. The summed E-state index contributed by atoms with van der Waals surface area (Å²) in [5.41, 5.74) is 2.90. The number of sulfone groups is 1. The van der Waals surface area contributed by atoms with Gasteiger partial charge in [0.2, 0.25) is 10.0 Å². The lowest BCUT2D eigenvalue weighted by molar-refractivity contribution is 0.367. The van der Waals surface area contributed by atoms with E-state index in [0.717, 1.165) is 49.2 Å². The van der Waals surface area contributed by atoms with Gasteiger partial charge < -0.3 is 4.90 Å². The molecule has 29 heavy (non-hydrogen) atoms. The summed E-state index contributed by atoms with van der Waals surface area (Å²) in [6.45, 7) is 6.23. The lowest BCUT2D eigenvalue weighted by Gasteiger charge is -2.37. The molecule has 0 amide bonds. The fourth-order valence-electron chi connectivity index (χ4n) is 5.18. The van der Waals surface area contributed by atoms with Gasteiger partial charge >= 0.3 is 0 Å². The first-order valence-electron chi connectivity index (χ1n) is 10.7. The first kappa shape index (κ1) is 21.1. The van der Waals surface area contributed by atoms with E-state index in [2.05, 4.69) is 10.00 Å². The van der Waals surface area contributed by atoms with Crippen LogP contribution in [0.15, 0.2) is 0 Å². The minimum Gasteiger partial charge on any atom is -0.366 e. The van der Waals surface area contributed by atoms with Crippen LogP contribution in [0.2, 0.25) is 0 Å². The monoisotopic (exact) mass is 444 g/mol. The number of hydrogen-bond donors (Lipinski definition) is 0. The molecule has 3 aliphatic rings. The molecule has 8 nitrogen and oxygen atoms in total. The average Bonchev–Trinajstić information content (AvgIpc) is 3.20. The fourth-order valence-corrected chi connectivity index (χ4v) is 8.89. The van der Waals surface area contributed by atoms with Crippen LogP contribution in [0.4, 0.5) is 5.69 Å². The number of sulfonamides is 1. The number of piperazine rings is 1. The second-order valence-corrected chi connectivity index (χ2v) is 13.2. The summed E-state index contributed by atoms with van der Waals surface area (Å²) < 4.78 is 53.3. The minimum atomic E-state index is -3.21. The molecule has 0 radical (unpaired) electrons. The van der Waals surface area contributed by atoms with Gasteiger partial charge in [0.25, 0.3) is 0 Å². The smallest absolute Gasteiger partial charge is 0.217 e. The van der Waals surface area contributed by atoms with E-state index in [9.17, 15) is 16.8 Å². The van der Waals surface area contributed by atoms with E-state index >= 15 is 0 Å². The Kier molecular flexibility index (Phi) is 5.71.